The van der Waals surface area contributed by atoms with Crippen LogP contribution in [0.1, 0.15) is 19.8 Å². The highest BCUT2D eigenvalue weighted by molar-refractivity contribution is 6.24. The third kappa shape index (κ3) is 2.03. The fraction of sp³-hybridized carbons (Fsp3) is 0.556. The number of rotatable bonds is 3. The molecule has 2 rings (SSSR count). The normalized spacial score (nSPS) is 25.9. The zero-order valence-corrected chi connectivity index (χ0v) is 8.53. The van der Waals surface area contributed by atoms with E-state index in [0.717, 1.165) is 12.8 Å². The van der Waals surface area contributed by atoms with Crippen LogP contribution in [0, 0.1) is 0 Å². The molecule has 0 aromatic heterocycles. The number of nitrogens with one attached hydrogen (secondary N) is 2. The van der Waals surface area contributed by atoms with Gasteiger partial charge in [0.15, 0.2) is 6.04 Å². The summed E-state index contributed by atoms with van der Waals surface area (Å²) in [5.41, 5.74) is 0. The van der Waals surface area contributed by atoms with Crippen molar-refractivity contribution in [1.29, 1.82) is 0 Å². The fourth-order valence-corrected chi connectivity index (χ4v) is 1.36. The number of carbonyl (C=O) groups is 1. The lowest BCUT2D eigenvalue weighted by Crippen LogP contribution is -2.57. The first-order valence-corrected chi connectivity index (χ1v) is 5.03. The van der Waals surface area contributed by atoms with E-state index < -0.39 is 6.04 Å². The summed E-state index contributed by atoms with van der Waals surface area (Å²) in [5.74, 6) is 0.874. The zero-order valence-electron chi connectivity index (χ0n) is 8.53. The molecule has 2 aliphatic heterocycles. The van der Waals surface area contributed by atoms with Crippen LogP contribution in [-0.4, -0.2) is 36.6 Å². The second kappa shape index (κ2) is 4.20. The highest BCUT2D eigenvalue weighted by Crippen LogP contribution is 2.03. The van der Waals surface area contributed by atoms with Crippen LogP contribution >= 0.6 is 0 Å². The summed E-state index contributed by atoms with van der Waals surface area (Å²) in [6.07, 6.45) is 3.48. The molecule has 0 spiro atoms. The second-order valence-corrected chi connectivity index (χ2v) is 3.38. The minimum absolute atomic E-state index is 0.170. The molecule has 2 aliphatic rings. The molecule has 0 bridgehead atoms. The summed E-state index contributed by atoms with van der Waals surface area (Å²) in [5, 5.41) is 5.60. The second-order valence-electron chi connectivity index (χ2n) is 3.38. The standard InChI is InChI=1S/C9H13N5O/c1-2-3-4-10-9-13-7-6(8(15)14-9)11-5-12-7/h5-6H,2-4H2,1H3,(H2,10,11,12,13,14,15). The molecule has 6 heteroatoms. The smallest absolute Gasteiger partial charge is 0.259 e. The van der Waals surface area contributed by atoms with Gasteiger partial charge < -0.3 is 5.32 Å². The first-order chi connectivity index (χ1) is 7.31. The van der Waals surface area contributed by atoms with Crippen molar-refractivity contribution in [1.82, 2.24) is 10.6 Å². The van der Waals surface area contributed by atoms with Crippen LogP contribution in [0.4, 0.5) is 0 Å². The van der Waals surface area contributed by atoms with E-state index >= 15 is 0 Å². The number of hydrogen-bond acceptors (Lipinski definition) is 4. The molecule has 2 heterocycles. The molecule has 0 aromatic carbocycles. The Morgan fingerprint density at radius 2 is 2.40 bits per heavy atom. The van der Waals surface area contributed by atoms with E-state index in [1.54, 1.807) is 0 Å². The Morgan fingerprint density at radius 1 is 1.53 bits per heavy atom. The van der Waals surface area contributed by atoms with Gasteiger partial charge >= 0.3 is 0 Å². The average Bonchev–Trinajstić information content (AvgIpc) is 2.66. The van der Waals surface area contributed by atoms with Gasteiger partial charge in [0, 0.05) is 6.54 Å². The highest BCUT2D eigenvalue weighted by atomic mass is 16.2. The monoisotopic (exact) mass is 207 g/mol. The largest absolute Gasteiger partial charge is 0.312 e. The fourth-order valence-electron chi connectivity index (χ4n) is 1.36. The van der Waals surface area contributed by atoms with Crippen LogP contribution < -0.4 is 10.6 Å². The van der Waals surface area contributed by atoms with E-state index in [0.29, 0.717) is 18.3 Å². The summed E-state index contributed by atoms with van der Waals surface area (Å²) < 4.78 is 0. The molecule has 6 nitrogen and oxygen atoms in total. The highest BCUT2D eigenvalue weighted by Gasteiger charge is 2.32. The molecular weight excluding hydrogens is 194 g/mol. The van der Waals surface area contributed by atoms with Gasteiger partial charge in [0.1, 0.15) is 12.2 Å². The van der Waals surface area contributed by atoms with Crippen molar-refractivity contribution < 1.29 is 4.79 Å². The number of amidine groups is 1. The topological polar surface area (TPSA) is 78.2 Å². The predicted octanol–water partition coefficient (Wildman–Crippen LogP) is -0.329. The van der Waals surface area contributed by atoms with E-state index in [1.807, 2.05) is 0 Å². The number of unbranched alkanes of at least 4 members (excludes halogenated alkanes) is 1. The lowest BCUT2D eigenvalue weighted by molar-refractivity contribution is -0.119. The first-order valence-electron chi connectivity index (χ1n) is 5.03. The van der Waals surface area contributed by atoms with Gasteiger partial charge in [0.2, 0.25) is 5.96 Å². The van der Waals surface area contributed by atoms with Crippen molar-refractivity contribution in [3.8, 4) is 0 Å². The summed E-state index contributed by atoms with van der Waals surface area (Å²) in [7, 11) is 0. The number of aliphatic imine (C=N–C) groups is 3. The Balaban J connectivity index is 2.01. The lowest BCUT2D eigenvalue weighted by atomic mass is 10.2. The number of guanidine groups is 1. The SMILES string of the molecule is CCCCN=C1NC(=O)C2N=CN=C2N1. The summed E-state index contributed by atoms with van der Waals surface area (Å²) in [4.78, 5) is 23.6. The average molecular weight is 207 g/mol. The van der Waals surface area contributed by atoms with Gasteiger partial charge in [-0.2, -0.15) is 0 Å². The van der Waals surface area contributed by atoms with Crippen molar-refractivity contribution in [3.63, 3.8) is 0 Å². The summed E-state index contributed by atoms with van der Waals surface area (Å²) >= 11 is 0. The minimum Gasteiger partial charge on any atom is -0.312 e. The molecule has 1 unspecified atom stereocenters. The first kappa shape index (κ1) is 9.82. The number of amides is 1. The van der Waals surface area contributed by atoms with Crippen molar-refractivity contribution in [2.45, 2.75) is 25.8 Å². The Kier molecular flexibility index (Phi) is 2.75. The van der Waals surface area contributed by atoms with Gasteiger partial charge in [0.05, 0.1) is 0 Å². The molecule has 0 aliphatic carbocycles. The molecule has 1 atom stereocenters. The van der Waals surface area contributed by atoms with Crippen molar-refractivity contribution >= 4 is 24.0 Å². The number of nitrogens with zero attached hydrogens (tertiary/aromatic N) is 3. The maximum atomic E-state index is 11.5. The van der Waals surface area contributed by atoms with Gasteiger partial charge in [-0.15, -0.1) is 0 Å². The Morgan fingerprint density at radius 3 is 3.20 bits per heavy atom. The van der Waals surface area contributed by atoms with E-state index in [9.17, 15) is 4.79 Å². The molecule has 0 saturated carbocycles. The van der Waals surface area contributed by atoms with Crippen molar-refractivity contribution in [3.05, 3.63) is 0 Å². The van der Waals surface area contributed by atoms with Crippen molar-refractivity contribution in [2.75, 3.05) is 6.54 Å². The lowest BCUT2D eigenvalue weighted by Gasteiger charge is -2.20. The van der Waals surface area contributed by atoms with Crippen LogP contribution in [0.25, 0.3) is 0 Å². The van der Waals surface area contributed by atoms with Gasteiger partial charge in [-0.1, -0.05) is 13.3 Å². The van der Waals surface area contributed by atoms with Crippen molar-refractivity contribution in [2.24, 2.45) is 15.0 Å². The molecule has 0 aromatic rings. The molecule has 15 heavy (non-hydrogen) atoms. The molecule has 80 valence electrons. The third-order valence-corrected chi connectivity index (χ3v) is 2.19. The van der Waals surface area contributed by atoms with Gasteiger partial charge in [0.25, 0.3) is 5.91 Å². The van der Waals surface area contributed by atoms with E-state index in [-0.39, 0.29) is 5.91 Å². The van der Waals surface area contributed by atoms with Crippen LogP contribution in [0.5, 0.6) is 0 Å². The molecule has 2 N–H and O–H groups in total. The van der Waals surface area contributed by atoms with Crippen LogP contribution in [0.2, 0.25) is 0 Å². The number of carbonyl (C=O) groups excluding carboxylic acids is 1. The Labute approximate surface area is 87.6 Å². The maximum absolute atomic E-state index is 11.5. The molecule has 1 amide bonds. The van der Waals surface area contributed by atoms with E-state index in [1.165, 1.54) is 6.34 Å². The number of hydrogen-bond donors (Lipinski definition) is 2. The van der Waals surface area contributed by atoms with E-state index in [4.69, 9.17) is 0 Å². The summed E-state index contributed by atoms with van der Waals surface area (Å²) in [6, 6.07) is -0.505. The summed E-state index contributed by atoms with van der Waals surface area (Å²) in [6.45, 7) is 2.80. The quantitative estimate of drug-likeness (QED) is 0.621. The van der Waals surface area contributed by atoms with Gasteiger partial charge in [-0.05, 0) is 6.42 Å². The maximum Gasteiger partial charge on any atom is 0.259 e. The third-order valence-electron chi connectivity index (χ3n) is 2.19. The van der Waals surface area contributed by atoms with E-state index in [2.05, 4.69) is 32.5 Å². The minimum atomic E-state index is -0.505. The molecule has 1 saturated heterocycles. The van der Waals surface area contributed by atoms with Crippen LogP contribution in [0.3, 0.4) is 0 Å². The van der Waals surface area contributed by atoms with Crippen LogP contribution in [-0.2, 0) is 4.79 Å². The molecule has 1 fully saturated rings. The Bertz CT molecular complexity index is 358. The number of fused-ring (bicyclic) bond motifs is 1. The van der Waals surface area contributed by atoms with Gasteiger partial charge in [-0.3, -0.25) is 20.1 Å². The zero-order chi connectivity index (χ0) is 10.7. The van der Waals surface area contributed by atoms with Gasteiger partial charge in [-0.25, -0.2) is 4.99 Å². The molecule has 0 radical (unpaired) electrons. The Hall–Kier alpha value is -1.72. The predicted molar refractivity (Wildman–Crippen MR) is 58.2 cm³/mol. The van der Waals surface area contributed by atoms with Crippen LogP contribution in [0.15, 0.2) is 15.0 Å². The molecular formula is C9H13N5O.